The van der Waals surface area contributed by atoms with Gasteiger partial charge >= 0.3 is 11.9 Å². The minimum Gasteiger partial charge on any atom is -0.481 e. The lowest BCUT2D eigenvalue weighted by Gasteiger charge is -2.38. The lowest BCUT2D eigenvalue weighted by atomic mass is 9.72. The number of aliphatic hydroxyl groups is 1. The van der Waals surface area contributed by atoms with E-state index in [9.17, 15) is 19.8 Å². The number of rotatable bonds is 14. The van der Waals surface area contributed by atoms with E-state index in [1.54, 1.807) is 12.1 Å². The fourth-order valence-corrected chi connectivity index (χ4v) is 4.25. The van der Waals surface area contributed by atoms with Gasteiger partial charge in [-0.15, -0.1) is 0 Å². The number of benzene rings is 2. The van der Waals surface area contributed by atoms with E-state index in [0.717, 1.165) is 37.7 Å². The van der Waals surface area contributed by atoms with Crippen molar-refractivity contribution in [1.29, 1.82) is 0 Å². The summed E-state index contributed by atoms with van der Waals surface area (Å²) in [5.74, 6) is -2.02. The predicted molar refractivity (Wildman–Crippen MR) is 121 cm³/mol. The lowest BCUT2D eigenvalue weighted by molar-refractivity contribution is -0.137. The van der Waals surface area contributed by atoms with Crippen LogP contribution in [0, 0.1) is 5.92 Å². The molecule has 2 unspecified atom stereocenters. The third-order valence-corrected chi connectivity index (χ3v) is 5.98. The minimum absolute atomic E-state index is 0.0646. The maximum absolute atomic E-state index is 12.1. The third-order valence-electron chi connectivity index (χ3n) is 5.98. The molecule has 2 atom stereocenters. The van der Waals surface area contributed by atoms with Crippen molar-refractivity contribution in [1.82, 2.24) is 0 Å². The van der Waals surface area contributed by atoms with Crippen LogP contribution in [-0.2, 0) is 10.4 Å². The van der Waals surface area contributed by atoms with Crippen LogP contribution < -0.4 is 0 Å². The predicted octanol–water partition coefficient (Wildman–Crippen LogP) is 5.85. The molecule has 0 aromatic heterocycles. The van der Waals surface area contributed by atoms with Crippen LogP contribution in [0.25, 0.3) is 0 Å². The van der Waals surface area contributed by atoms with Crippen molar-refractivity contribution >= 4 is 11.9 Å². The largest absolute Gasteiger partial charge is 0.481 e. The zero-order chi connectivity index (χ0) is 22.7. The molecule has 0 fully saturated rings. The maximum Gasteiger partial charge on any atom is 0.335 e. The van der Waals surface area contributed by atoms with E-state index < -0.39 is 17.5 Å². The van der Waals surface area contributed by atoms with Gasteiger partial charge in [0, 0.05) is 6.42 Å². The molecule has 0 aliphatic rings. The summed E-state index contributed by atoms with van der Waals surface area (Å²) in [5.41, 5.74) is 0.229. The molecule has 168 valence electrons. The Bertz CT molecular complexity index is 815. The molecular weight excluding hydrogens is 392 g/mol. The Kier molecular flexibility index (Phi) is 9.73. The van der Waals surface area contributed by atoms with Gasteiger partial charge < -0.3 is 15.3 Å². The first-order valence-electron chi connectivity index (χ1n) is 11.2. The highest BCUT2D eigenvalue weighted by Gasteiger charge is 2.39. The summed E-state index contributed by atoms with van der Waals surface area (Å²) in [6, 6.07) is 15.8. The highest BCUT2D eigenvalue weighted by molar-refractivity contribution is 5.87. The van der Waals surface area contributed by atoms with E-state index >= 15 is 0 Å². The normalized spacial score (nSPS) is 14.0. The van der Waals surface area contributed by atoms with Gasteiger partial charge in [-0.05, 0) is 48.4 Å². The van der Waals surface area contributed by atoms with Gasteiger partial charge in [-0.3, -0.25) is 4.79 Å². The van der Waals surface area contributed by atoms with Crippen LogP contribution in [0.5, 0.6) is 0 Å². The topological polar surface area (TPSA) is 94.8 Å². The van der Waals surface area contributed by atoms with Gasteiger partial charge in [0.2, 0.25) is 0 Å². The van der Waals surface area contributed by atoms with Crippen LogP contribution in [0.15, 0.2) is 54.6 Å². The molecule has 0 radical (unpaired) electrons. The van der Waals surface area contributed by atoms with E-state index in [0.29, 0.717) is 18.4 Å². The molecule has 31 heavy (non-hydrogen) atoms. The molecule has 0 aliphatic carbocycles. The molecule has 2 rings (SSSR count). The van der Waals surface area contributed by atoms with Crippen molar-refractivity contribution in [3.63, 3.8) is 0 Å². The first-order valence-corrected chi connectivity index (χ1v) is 11.2. The van der Waals surface area contributed by atoms with Crippen molar-refractivity contribution in [2.24, 2.45) is 5.92 Å². The molecule has 3 N–H and O–H groups in total. The van der Waals surface area contributed by atoms with Gasteiger partial charge in [0.05, 0.1) is 5.56 Å². The van der Waals surface area contributed by atoms with E-state index in [1.165, 1.54) is 18.6 Å². The van der Waals surface area contributed by atoms with Crippen molar-refractivity contribution in [2.75, 3.05) is 0 Å². The number of aromatic carboxylic acids is 1. The second-order valence-corrected chi connectivity index (χ2v) is 8.20. The van der Waals surface area contributed by atoms with Gasteiger partial charge in [-0.2, -0.15) is 0 Å². The molecule has 0 bridgehead atoms. The third kappa shape index (κ3) is 6.93. The number of carboxylic acids is 2. The van der Waals surface area contributed by atoms with Crippen molar-refractivity contribution < 1.29 is 24.9 Å². The molecule has 5 nitrogen and oxygen atoms in total. The second kappa shape index (κ2) is 12.3. The maximum atomic E-state index is 12.1. The lowest BCUT2D eigenvalue weighted by Crippen LogP contribution is -2.37. The van der Waals surface area contributed by atoms with Crippen molar-refractivity contribution in [3.8, 4) is 0 Å². The summed E-state index contributed by atoms with van der Waals surface area (Å²) in [6.07, 6.45) is 7.42. The van der Waals surface area contributed by atoms with Gasteiger partial charge in [0.25, 0.3) is 0 Å². The molecule has 0 amide bonds. The van der Waals surface area contributed by atoms with Crippen molar-refractivity contribution in [2.45, 2.75) is 70.3 Å². The van der Waals surface area contributed by atoms with Crippen molar-refractivity contribution in [3.05, 3.63) is 71.3 Å². The van der Waals surface area contributed by atoms with Crippen LogP contribution in [0.3, 0.4) is 0 Å². The molecule has 2 aromatic rings. The van der Waals surface area contributed by atoms with E-state index in [4.69, 9.17) is 5.11 Å². The summed E-state index contributed by atoms with van der Waals surface area (Å²) in [6.45, 7) is 2.17. The summed E-state index contributed by atoms with van der Waals surface area (Å²) in [4.78, 5) is 22.4. The molecule has 2 aromatic carbocycles. The number of hydrogen-bond acceptors (Lipinski definition) is 3. The van der Waals surface area contributed by atoms with E-state index in [2.05, 4.69) is 6.92 Å². The SMILES string of the molecule is CCCCCCCC(CCCC(=O)O)C(O)(c1ccccc1)c1ccc(C(=O)O)cc1. The smallest absolute Gasteiger partial charge is 0.335 e. The summed E-state index contributed by atoms with van der Waals surface area (Å²) in [5, 5.41) is 30.5. The molecule has 0 saturated carbocycles. The Balaban J connectivity index is 2.38. The summed E-state index contributed by atoms with van der Waals surface area (Å²) >= 11 is 0. The molecule has 0 aliphatic heterocycles. The van der Waals surface area contributed by atoms with Gasteiger partial charge in [-0.25, -0.2) is 4.79 Å². The Morgan fingerprint density at radius 1 is 0.806 bits per heavy atom. The van der Waals surface area contributed by atoms with Crippen LogP contribution in [0.4, 0.5) is 0 Å². The average Bonchev–Trinajstić information content (AvgIpc) is 2.77. The zero-order valence-corrected chi connectivity index (χ0v) is 18.3. The molecule has 0 saturated heterocycles. The Labute approximate surface area is 184 Å². The number of carboxylic acid groups (broad SMARTS) is 2. The first-order chi connectivity index (χ1) is 14.9. The fraction of sp³-hybridized carbons (Fsp3) is 0.462. The van der Waals surface area contributed by atoms with Crippen LogP contribution >= 0.6 is 0 Å². The first kappa shape index (κ1) is 24.6. The summed E-state index contributed by atoms with van der Waals surface area (Å²) in [7, 11) is 0. The van der Waals surface area contributed by atoms with Crippen LogP contribution in [-0.4, -0.2) is 27.3 Å². The highest BCUT2D eigenvalue weighted by Crippen LogP contribution is 2.42. The highest BCUT2D eigenvalue weighted by atomic mass is 16.4. The quantitative estimate of drug-likeness (QED) is 0.329. The fourth-order valence-electron chi connectivity index (χ4n) is 4.25. The van der Waals surface area contributed by atoms with Crippen LogP contribution in [0.2, 0.25) is 0 Å². The average molecular weight is 427 g/mol. The number of unbranched alkanes of at least 4 members (excludes halogenated alkanes) is 4. The molecular formula is C26H34O5. The Hall–Kier alpha value is -2.66. The number of carbonyl (C=O) groups is 2. The Morgan fingerprint density at radius 3 is 1.97 bits per heavy atom. The Morgan fingerprint density at radius 2 is 1.39 bits per heavy atom. The molecule has 0 heterocycles. The van der Waals surface area contributed by atoms with E-state index in [-0.39, 0.29) is 17.9 Å². The minimum atomic E-state index is -1.32. The molecule has 0 spiro atoms. The molecule has 5 heteroatoms. The standard InChI is InChI=1S/C26H34O5/c1-2-3-4-5-7-11-22(14-10-15-24(27)28)26(31,21-12-8-6-9-13-21)23-18-16-20(17-19-23)25(29)30/h6,8-9,12-13,16-19,22,31H,2-5,7,10-11,14-15H2,1H3,(H,27,28)(H,29,30). The van der Waals surface area contributed by atoms with E-state index in [1.807, 2.05) is 30.3 Å². The summed E-state index contributed by atoms with van der Waals surface area (Å²) < 4.78 is 0. The number of hydrogen-bond donors (Lipinski definition) is 3. The van der Waals surface area contributed by atoms with Gasteiger partial charge in [0.1, 0.15) is 5.60 Å². The second-order valence-electron chi connectivity index (χ2n) is 8.20. The van der Waals surface area contributed by atoms with Gasteiger partial charge in [0.15, 0.2) is 0 Å². The van der Waals surface area contributed by atoms with Crippen LogP contribution in [0.1, 0.15) is 86.2 Å². The number of aliphatic carboxylic acids is 1. The monoisotopic (exact) mass is 426 g/mol. The van der Waals surface area contributed by atoms with Gasteiger partial charge in [-0.1, -0.05) is 81.5 Å². The zero-order valence-electron chi connectivity index (χ0n) is 18.3.